The van der Waals surface area contributed by atoms with E-state index in [0.717, 1.165) is 30.2 Å². The number of nitrogens with zero attached hydrogens (tertiary/aromatic N) is 2. The van der Waals surface area contributed by atoms with Crippen LogP contribution in [0, 0.1) is 5.82 Å². The van der Waals surface area contributed by atoms with Gasteiger partial charge in [-0.25, -0.2) is 9.18 Å². The molecule has 5 rings (SSSR count). The van der Waals surface area contributed by atoms with Gasteiger partial charge in [0.25, 0.3) is 0 Å². The minimum absolute atomic E-state index is 0.00851. The third kappa shape index (κ3) is 3.46. The third-order valence-electron chi connectivity index (χ3n) is 6.48. The van der Waals surface area contributed by atoms with Crippen molar-refractivity contribution in [1.82, 2.24) is 20.1 Å². The molecule has 29 heavy (non-hydrogen) atoms. The highest BCUT2D eigenvalue weighted by Crippen LogP contribution is 2.34. The van der Waals surface area contributed by atoms with Gasteiger partial charge in [0.1, 0.15) is 12.4 Å². The molecule has 0 radical (unpaired) electrons. The lowest BCUT2D eigenvalue weighted by molar-refractivity contribution is -0.139. The van der Waals surface area contributed by atoms with Crippen LogP contribution in [0.2, 0.25) is 0 Å². The number of carbonyl (C=O) groups excluding carboxylic acids is 2. The van der Waals surface area contributed by atoms with Crippen molar-refractivity contribution >= 4 is 22.8 Å². The molecule has 3 aliphatic heterocycles. The van der Waals surface area contributed by atoms with Crippen molar-refractivity contribution in [3.05, 3.63) is 35.8 Å². The number of H-pyrrole nitrogens is 1. The van der Waals surface area contributed by atoms with Crippen molar-refractivity contribution in [3.63, 3.8) is 0 Å². The second-order valence-corrected chi connectivity index (χ2v) is 8.24. The van der Waals surface area contributed by atoms with Crippen molar-refractivity contribution < 1.29 is 18.7 Å². The van der Waals surface area contributed by atoms with E-state index < -0.39 is 0 Å². The Morgan fingerprint density at radius 2 is 1.93 bits per heavy atom. The van der Waals surface area contributed by atoms with Crippen LogP contribution in [0.4, 0.5) is 9.18 Å². The molecule has 2 N–H and O–H groups in total. The number of halogens is 1. The fourth-order valence-corrected chi connectivity index (χ4v) is 4.91. The fraction of sp³-hybridized carbons (Fsp3) is 0.524. The van der Waals surface area contributed by atoms with Gasteiger partial charge in [0.2, 0.25) is 5.91 Å². The summed E-state index contributed by atoms with van der Waals surface area (Å²) in [7, 11) is 0. The van der Waals surface area contributed by atoms with Crippen LogP contribution >= 0.6 is 0 Å². The number of amides is 3. The van der Waals surface area contributed by atoms with Crippen LogP contribution in [0.5, 0.6) is 0 Å². The molecule has 1 aromatic heterocycles. The van der Waals surface area contributed by atoms with E-state index >= 15 is 0 Å². The van der Waals surface area contributed by atoms with E-state index in [2.05, 4.69) is 10.3 Å². The molecule has 3 saturated heterocycles. The molecule has 4 heterocycles. The van der Waals surface area contributed by atoms with E-state index in [9.17, 15) is 14.0 Å². The number of benzene rings is 1. The van der Waals surface area contributed by atoms with Gasteiger partial charge in [0, 0.05) is 43.3 Å². The van der Waals surface area contributed by atoms with Gasteiger partial charge in [-0.2, -0.15) is 0 Å². The lowest BCUT2D eigenvalue weighted by atomic mass is 9.89. The number of morpholine rings is 1. The van der Waals surface area contributed by atoms with Crippen LogP contribution in [-0.4, -0.2) is 71.7 Å². The molecule has 7 nitrogen and oxygen atoms in total. The molecular weight excluding hydrogens is 375 g/mol. The Balaban J connectivity index is 1.21. The number of carbonyl (C=O) groups is 2. The number of piperidine rings is 2. The Kier molecular flexibility index (Phi) is 4.66. The van der Waals surface area contributed by atoms with E-state index in [0.29, 0.717) is 32.1 Å². The molecule has 8 heteroatoms. The molecule has 2 aromatic rings. The SMILES string of the molecule is O=C1COC2CCN(C(=O)N3CCC(c4c[nH]c5cc(F)ccc45)CC3)CC2N1. The van der Waals surface area contributed by atoms with Crippen molar-refractivity contribution in [2.75, 3.05) is 32.8 Å². The minimum Gasteiger partial charge on any atom is -0.366 e. The van der Waals surface area contributed by atoms with Crippen LogP contribution in [0.25, 0.3) is 10.9 Å². The Hall–Kier alpha value is -2.61. The maximum Gasteiger partial charge on any atom is 0.320 e. The zero-order chi connectivity index (χ0) is 20.0. The van der Waals surface area contributed by atoms with E-state index in [1.165, 1.54) is 17.7 Å². The largest absolute Gasteiger partial charge is 0.366 e. The summed E-state index contributed by atoms with van der Waals surface area (Å²) in [5.74, 6) is 0.00430. The lowest BCUT2D eigenvalue weighted by Gasteiger charge is -2.43. The van der Waals surface area contributed by atoms with Gasteiger partial charge in [0.15, 0.2) is 0 Å². The molecule has 2 atom stereocenters. The molecule has 0 aliphatic carbocycles. The molecule has 3 amide bonds. The summed E-state index contributed by atoms with van der Waals surface area (Å²) in [6.07, 6.45) is 4.50. The Labute approximate surface area is 168 Å². The van der Waals surface area contributed by atoms with E-state index in [4.69, 9.17) is 4.74 Å². The predicted octanol–water partition coefficient (Wildman–Crippen LogP) is 2.20. The van der Waals surface area contributed by atoms with Gasteiger partial charge in [-0.05, 0) is 48.9 Å². The van der Waals surface area contributed by atoms with Crippen molar-refractivity contribution in [2.45, 2.75) is 37.3 Å². The van der Waals surface area contributed by atoms with Crippen LogP contribution in [-0.2, 0) is 9.53 Å². The highest BCUT2D eigenvalue weighted by molar-refractivity contribution is 5.84. The molecule has 3 aliphatic rings. The van der Waals surface area contributed by atoms with Gasteiger partial charge < -0.3 is 24.8 Å². The number of hydrogen-bond acceptors (Lipinski definition) is 3. The highest BCUT2D eigenvalue weighted by Gasteiger charge is 2.38. The second-order valence-electron chi connectivity index (χ2n) is 8.24. The third-order valence-corrected chi connectivity index (χ3v) is 6.48. The molecule has 2 unspecified atom stereocenters. The molecule has 0 bridgehead atoms. The van der Waals surface area contributed by atoms with Crippen molar-refractivity contribution in [2.24, 2.45) is 0 Å². The number of aromatic nitrogens is 1. The highest BCUT2D eigenvalue weighted by atomic mass is 19.1. The van der Waals surface area contributed by atoms with Gasteiger partial charge in [-0.1, -0.05) is 0 Å². The maximum atomic E-state index is 13.4. The molecule has 0 spiro atoms. The summed E-state index contributed by atoms with van der Waals surface area (Å²) < 4.78 is 19.0. The molecule has 0 saturated carbocycles. The first-order chi connectivity index (χ1) is 14.1. The van der Waals surface area contributed by atoms with Gasteiger partial charge in [-0.15, -0.1) is 0 Å². The van der Waals surface area contributed by atoms with E-state index in [-0.39, 0.29) is 36.5 Å². The second kappa shape index (κ2) is 7.33. The maximum absolute atomic E-state index is 13.4. The number of hydrogen-bond donors (Lipinski definition) is 2. The number of nitrogens with one attached hydrogen (secondary N) is 2. The number of ether oxygens (including phenoxy) is 1. The average Bonchev–Trinajstić information content (AvgIpc) is 3.15. The topological polar surface area (TPSA) is 77.7 Å². The first-order valence-electron chi connectivity index (χ1n) is 10.3. The van der Waals surface area contributed by atoms with Gasteiger partial charge in [-0.3, -0.25) is 4.79 Å². The molecular formula is C21H25FN4O3. The lowest BCUT2D eigenvalue weighted by Crippen LogP contribution is -2.62. The predicted molar refractivity (Wildman–Crippen MR) is 105 cm³/mol. The number of likely N-dealkylation sites (tertiary alicyclic amines) is 2. The summed E-state index contributed by atoms with van der Waals surface area (Å²) >= 11 is 0. The monoisotopic (exact) mass is 400 g/mol. The van der Waals surface area contributed by atoms with E-state index in [1.54, 1.807) is 0 Å². The molecule has 1 aromatic carbocycles. The van der Waals surface area contributed by atoms with Gasteiger partial charge >= 0.3 is 6.03 Å². The van der Waals surface area contributed by atoms with Gasteiger partial charge in [0.05, 0.1) is 12.1 Å². The zero-order valence-corrected chi connectivity index (χ0v) is 16.2. The first kappa shape index (κ1) is 18.4. The number of aromatic amines is 1. The smallest absolute Gasteiger partial charge is 0.320 e. The Morgan fingerprint density at radius 1 is 1.14 bits per heavy atom. The summed E-state index contributed by atoms with van der Waals surface area (Å²) in [4.78, 5) is 31.5. The summed E-state index contributed by atoms with van der Waals surface area (Å²) in [6, 6.07) is 4.78. The van der Waals surface area contributed by atoms with Crippen LogP contribution in [0.15, 0.2) is 24.4 Å². The Morgan fingerprint density at radius 3 is 2.76 bits per heavy atom. The summed E-state index contributed by atoms with van der Waals surface area (Å²) in [5.41, 5.74) is 2.02. The first-order valence-corrected chi connectivity index (χ1v) is 10.3. The number of rotatable bonds is 1. The normalized spacial score (nSPS) is 25.8. The summed E-state index contributed by atoms with van der Waals surface area (Å²) in [6.45, 7) is 2.67. The van der Waals surface area contributed by atoms with Crippen LogP contribution in [0.3, 0.4) is 0 Å². The van der Waals surface area contributed by atoms with Crippen molar-refractivity contribution in [1.29, 1.82) is 0 Å². The van der Waals surface area contributed by atoms with Crippen LogP contribution in [0.1, 0.15) is 30.7 Å². The Bertz CT molecular complexity index is 937. The van der Waals surface area contributed by atoms with E-state index in [1.807, 2.05) is 22.1 Å². The fourth-order valence-electron chi connectivity index (χ4n) is 4.91. The standard InChI is InChI=1S/C21H25FN4O3/c22-14-1-2-15-16(10-23-17(15)9-14)13-3-6-25(7-4-13)21(28)26-8-5-19-18(11-26)24-20(27)12-29-19/h1-2,9-10,13,18-19,23H,3-8,11-12H2,(H,24,27). The van der Waals surface area contributed by atoms with Crippen molar-refractivity contribution in [3.8, 4) is 0 Å². The number of urea groups is 1. The molecule has 3 fully saturated rings. The molecule has 154 valence electrons. The quantitative estimate of drug-likeness (QED) is 0.770. The summed E-state index contributed by atoms with van der Waals surface area (Å²) in [5, 5.41) is 4.01. The minimum atomic E-state index is -0.241. The zero-order valence-electron chi connectivity index (χ0n) is 16.2. The average molecular weight is 400 g/mol. The number of fused-ring (bicyclic) bond motifs is 2. The van der Waals surface area contributed by atoms with Crippen LogP contribution < -0.4 is 5.32 Å².